The topological polar surface area (TPSA) is 68.3 Å². The summed E-state index contributed by atoms with van der Waals surface area (Å²) in [6.45, 7) is 5.75. The smallest absolute Gasteiger partial charge is 0.351 e. The van der Waals surface area contributed by atoms with Crippen molar-refractivity contribution in [3.63, 3.8) is 0 Å². The molecule has 0 unspecified atom stereocenters. The molecule has 0 spiro atoms. The number of nitrogens with zero attached hydrogens (tertiary/aromatic N) is 6. The van der Waals surface area contributed by atoms with E-state index in [1.807, 2.05) is 25.2 Å². The van der Waals surface area contributed by atoms with Gasteiger partial charge in [0, 0.05) is 42.1 Å². The van der Waals surface area contributed by atoms with E-state index in [0.29, 0.717) is 11.7 Å². The Morgan fingerprint density at radius 3 is 2.76 bits per heavy atom. The van der Waals surface area contributed by atoms with Gasteiger partial charge in [0.1, 0.15) is 5.82 Å². The molecule has 1 saturated carbocycles. The fourth-order valence-corrected chi connectivity index (χ4v) is 4.83. The van der Waals surface area contributed by atoms with Crippen LogP contribution in [0.5, 0.6) is 0 Å². The molecule has 5 rings (SSSR count). The molecule has 0 radical (unpaired) electrons. The molecule has 25 heavy (non-hydrogen) atoms. The van der Waals surface area contributed by atoms with Crippen LogP contribution in [-0.4, -0.2) is 30.7 Å². The molecule has 3 aromatic rings. The summed E-state index contributed by atoms with van der Waals surface area (Å²) in [6, 6.07) is 0. The van der Waals surface area contributed by atoms with Crippen molar-refractivity contribution < 1.29 is 0 Å². The number of fused-ring (bicyclic) bond motifs is 2. The number of aryl methyl sites for hydroxylation is 2. The molecule has 1 fully saturated rings. The first-order chi connectivity index (χ1) is 12.0. The number of hydrogen-bond acceptors (Lipinski definition) is 6. The highest BCUT2D eigenvalue weighted by molar-refractivity contribution is 7.11. The third-order valence-corrected chi connectivity index (χ3v) is 6.55. The Bertz CT molecular complexity index is 1060. The van der Waals surface area contributed by atoms with Gasteiger partial charge in [-0.2, -0.15) is 4.98 Å². The van der Waals surface area contributed by atoms with Gasteiger partial charge in [-0.1, -0.05) is 0 Å². The highest BCUT2D eigenvalue weighted by atomic mass is 32.1. The lowest BCUT2D eigenvalue weighted by Crippen LogP contribution is -2.32. The summed E-state index contributed by atoms with van der Waals surface area (Å²) in [5.74, 6) is 2.12. The van der Waals surface area contributed by atoms with Crippen LogP contribution in [-0.2, 0) is 20.0 Å². The highest BCUT2D eigenvalue weighted by Crippen LogP contribution is 2.43. The molecule has 1 aliphatic carbocycles. The molecule has 1 aliphatic heterocycles. The molecule has 130 valence electrons. The summed E-state index contributed by atoms with van der Waals surface area (Å²) in [7, 11) is 1.66. The van der Waals surface area contributed by atoms with Crippen molar-refractivity contribution in [3.05, 3.63) is 37.3 Å². The molecule has 2 aliphatic rings. The normalized spacial score (nSPS) is 17.3. The van der Waals surface area contributed by atoms with Crippen molar-refractivity contribution in [1.29, 1.82) is 0 Å². The molecule has 0 atom stereocenters. The van der Waals surface area contributed by atoms with Gasteiger partial charge in [0.25, 0.3) is 5.78 Å². The van der Waals surface area contributed by atoms with Crippen molar-refractivity contribution >= 4 is 22.9 Å². The predicted molar refractivity (Wildman–Crippen MR) is 96.5 cm³/mol. The molecule has 7 nitrogen and oxygen atoms in total. The second-order valence-corrected chi connectivity index (χ2v) is 8.17. The fourth-order valence-electron chi connectivity index (χ4n) is 3.53. The second-order valence-electron chi connectivity index (χ2n) is 7.06. The largest absolute Gasteiger partial charge is 0.351 e. The minimum Gasteiger partial charge on any atom is -0.351 e. The second kappa shape index (κ2) is 5.14. The summed E-state index contributed by atoms with van der Waals surface area (Å²) in [6.07, 6.45) is 3.54. The van der Waals surface area contributed by atoms with E-state index in [4.69, 9.17) is 9.97 Å². The Labute approximate surface area is 148 Å². The van der Waals surface area contributed by atoms with Crippen LogP contribution in [0.2, 0.25) is 0 Å². The van der Waals surface area contributed by atoms with Crippen LogP contribution in [0.3, 0.4) is 0 Å². The zero-order valence-electron chi connectivity index (χ0n) is 14.6. The van der Waals surface area contributed by atoms with Gasteiger partial charge in [-0.05, 0) is 26.7 Å². The molecule has 0 aromatic carbocycles. The van der Waals surface area contributed by atoms with E-state index < -0.39 is 0 Å². The fraction of sp³-hybridized carbons (Fsp3) is 0.529. The Morgan fingerprint density at radius 1 is 1.20 bits per heavy atom. The Balaban J connectivity index is 1.56. The van der Waals surface area contributed by atoms with E-state index in [1.165, 1.54) is 33.1 Å². The number of thiazole rings is 1. The van der Waals surface area contributed by atoms with Crippen molar-refractivity contribution in [3.8, 4) is 0 Å². The number of anilines is 1. The maximum absolute atomic E-state index is 12.2. The van der Waals surface area contributed by atoms with Crippen LogP contribution in [0.1, 0.15) is 45.6 Å². The van der Waals surface area contributed by atoms with E-state index >= 15 is 0 Å². The summed E-state index contributed by atoms with van der Waals surface area (Å²) in [5, 5.41) is 5.59. The van der Waals surface area contributed by atoms with Crippen molar-refractivity contribution in [2.24, 2.45) is 7.05 Å². The van der Waals surface area contributed by atoms with Gasteiger partial charge < -0.3 is 4.90 Å². The van der Waals surface area contributed by atoms with E-state index in [0.717, 1.165) is 36.6 Å². The average Bonchev–Trinajstić information content (AvgIpc) is 3.29. The third-order valence-electron chi connectivity index (χ3n) is 5.30. The summed E-state index contributed by atoms with van der Waals surface area (Å²) >= 11 is 1.87. The Kier molecular flexibility index (Phi) is 3.10. The van der Waals surface area contributed by atoms with Gasteiger partial charge in [0.2, 0.25) is 0 Å². The summed E-state index contributed by atoms with van der Waals surface area (Å²) < 4.78 is 2.93. The van der Waals surface area contributed by atoms with Crippen molar-refractivity contribution in [2.75, 3.05) is 11.4 Å². The average molecular weight is 356 g/mol. The molecular weight excluding hydrogens is 336 g/mol. The zero-order valence-corrected chi connectivity index (χ0v) is 15.4. The van der Waals surface area contributed by atoms with Crippen LogP contribution in [0.4, 0.5) is 5.82 Å². The monoisotopic (exact) mass is 356 g/mol. The lowest BCUT2D eigenvalue weighted by molar-refractivity contribution is 0.711. The first-order valence-electron chi connectivity index (χ1n) is 8.69. The van der Waals surface area contributed by atoms with Crippen molar-refractivity contribution in [1.82, 2.24) is 24.1 Å². The van der Waals surface area contributed by atoms with Gasteiger partial charge in [-0.15, -0.1) is 16.4 Å². The predicted octanol–water partition coefficient (Wildman–Crippen LogP) is 1.94. The molecular formula is C17H20N6OS. The first-order valence-corrected chi connectivity index (χ1v) is 9.51. The first kappa shape index (κ1) is 15.1. The van der Waals surface area contributed by atoms with Gasteiger partial charge in [-0.25, -0.2) is 18.9 Å². The minimum absolute atomic E-state index is 0.146. The molecule has 0 amide bonds. The molecule has 8 heteroatoms. The number of rotatable bonds is 2. The zero-order chi connectivity index (χ0) is 17.3. The molecule has 3 aromatic heterocycles. The third kappa shape index (κ3) is 2.23. The number of hydrogen-bond donors (Lipinski definition) is 0. The molecule has 4 heterocycles. The standard InChI is InChI=1S/C17H20N6OS/c1-9-10(2)23-16(20-21(3)17(23)24)19-14(9)22-7-6-12-13(8-22)25-15(18-12)11-4-5-11/h11H,4-8H2,1-3H3. The van der Waals surface area contributed by atoms with Crippen LogP contribution >= 0.6 is 11.3 Å². The van der Waals surface area contributed by atoms with Crippen molar-refractivity contribution in [2.45, 2.75) is 45.6 Å². The lowest BCUT2D eigenvalue weighted by atomic mass is 10.1. The summed E-state index contributed by atoms with van der Waals surface area (Å²) in [4.78, 5) is 25.5. The van der Waals surface area contributed by atoms with Crippen LogP contribution in [0.25, 0.3) is 5.78 Å². The Morgan fingerprint density at radius 2 is 2.00 bits per heavy atom. The van der Waals surface area contributed by atoms with E-state index in [1.54, 1.807) is 11.4 Å². The van der Waals surface area contributed by atoms with Gasteiger partial charge in [0.15, 0.2) is 0 Å². The lowest BCUT2D eigenvalue weighted by Gasteiger charge is -2.28. The molecule has 0 N–H and O–H groups in total. The van der Waals surface area contributed by atoms with E-state index in [2.05, 4.69) is 10.00 Å². The van der Waals surface area contributed by atoms with E-state index in [-0.39, 0.29) is 5.69 Å². The quantitative estimate of drug-likeness (QED) is 0.702. The van der Waals surface area contributed by atoms with Crippen LogP contribution in [0, 0.1) is 13.8 Å². The Hall–Kier alpha value is -2.22. The van der Waals surface area contributed by atoms with Crippen LogP contribution < -0.4 is 10.6 Å². The minimum atomic E-state index is -0.146. The highest BCUT2D eigenvalue weighted by Gasteiger charge is 2.30. The van der Waals surface area contributed by atoms with E-state index in [9.17, 15) is 4.79 Å². The van der Waals surface area contributed by atoms with Gasteiger partial charge >= 0.3 is 5.69 Å². The SMILES string of the molecule is Cc1c(N2CCc3nc(C4CC4)sc3C2)nc2nn(C)c(=O)n2c1C. The van der Waals surface area contributed by atoms with Gasteiger partial charge in [0.05, 0.1) is 17.2 Å². The maximum Gasteiger partial charge on any atom is 0.351 e. The maximum atomic E-state index is 12.2. The van der Waals surface area contributed by atoms with Gasteiger partial charge in [-0.3, -0.25) is 0 Å². The number of aromatic nitrogens is 5. The summed E-state index contributed by atoms with van der Waals surface area (Å²) in [5.41, 5.74) is 3.07. The molecule has 0 bridgehead atoms. The van der Waals surface area contributed by atoms with Crippen LogP contribution in [0.15, 0.2) is 4.79 Å². The molecule has 0 saturated heterocycles.